The summed E-state index contributed by atoms with van der Waals surface area (Å²) in [6, 6.07) is 7.58. The van der Waals surface area contributed by atoms with Crippen molar-refractivity contribution in [3.63, 3.8) is 0 Å². The molecule has 20 heavy (non-hydrogen) atoms. The lowest BCUT2D eigenvalue weighted by Gasteiger charge is -2.10. The topological polar surface area (TPSA) is 55.1 Å². The normalized spacial score (nSPS) is 10.5. The molecule has 1 amide bonds. The first kappa shape index (κ1) is 14.9. The van der Waals surface area contributed by atoms with Crippen LogP contribution in [0.15, 0.2) is 29.6 Å². The van der Waals surface area contributed by atoms with Crippen molar-refractivity contribution in [3.05, 3.63) is 45.1 Å². The number of aryl methyl sites for hydroxylation is 2. The lowest BCUT2D eigenvalue weighted by atomic mass is 10.1. The van der Waals surface area contributed by atoms with Crippen molar-refractivity contribution in [1.29, 1.82) is 0 Å². The van der Waals surface area contributed by atoms with E-state index >= 15 is 0 Å². The molecule has 0 fully saturated rings. The quantitative estimate of drug-likeness (QED) is 0.811. The summed E-state index contributed by atoms with van der Waals surface area (Å²) in [7, 11) is 0. The van der Waals surface area contributed by atoms with Gasteiger partial charge in [-0.3, -0.25) is 4.79 Å². The van der Waals surface area contributed by atoms with Gasteiger partial charge in [0.1, 0.15) is 0 Å². The van der Waals surface area contributed by atoms with E-state index in [1.807, 2.05) is 13.0 Å². The van der Waals surface area contributed by atoms with Gasteiger partial charge < -0.3 is 11.1 Å². The largest absolute Gasteiger partial charge is 0.398 e. The van der Waals surface area contributed by atoms with Crippen LogP contribution in [0.25, 0.3) is 0 Å². The molecule has 0 bridgehead atoms. The summed E-state index contributed by atoms with van der Waals surface area (Å²) in [4.78, 5) is 13.2. The molecular weight excluding hydrogens is 292 g/mol. The summed E-state index contributed by atoms with van der Waals surface area (Å²) in [5, 5.41) is 5.40. The highest BCUT2D eigenvalue weighted by molar-refractivity contribution is 7.09. The van der Waals surface area contributed by atoms with Gasteiger partial charge in [-0.05, 0) is 48.9 Å². The summed E-state index contributed by atoms with van der Waals surface area (Å²) >= 11 is 7.69. The maximum Gasteiger partial charge on any atom is 0.224 e. The van der Waals surface area contributed by atoms with Gasteiger partial charge in [0.15, 0.2) is 0 Å². The summed E-state index contributed by atoms with van der Waals surface area (Å²) < 4.78 is 0. The fraction of sp³-hybridized carbons (Fsp3) is 0.267. The molecule has 1 aromatic carbocycles. The Kier molecular flexibility index (Phi) is 5.04. The fourth-order valence-corrected chi connectivity index (χ4v) is 2.84. The molecule has 5 heteroatoms. The van der Waals surface area contributed by atoms with E-state index in [1.54, 1.807) is 23.5 Å². The molecule has 3 N–H and O–H groups in total. The van der Waals surface area contributed by atoms with Gasteiger partial charge >= 0.3 is 0 Å². The highest BCUT2D eigenvalue weighted by atomic mass is 35.5. The molecule has 2 aromatic rings. The van der Waals surface area contributed by atoms with Crippen molar-refractivity contribution in [1.82, 2.24) is 0 Å². The van der Waals surface area contributed by atoms with E-state index in [1.165, 1.54) is 4.88 Å². The lowest BCUT2D eigenvalue weighted by molar-refractivity contribution is -0.116. The highest BCUT2D eigenvalue weighted by Crippen LogP contribution is 2.26. The van der Waals surface area contributed by atoms with E-state index in [0.29, 0.717) is 17.1 Å². The Bertz CT molecular complexity index is 596. The number of anilines is 2. The minimum Gasteiger partial charge on any atom is -0.398 e. The monoisotopic (exact) mass is 308 g/mol. The van der Waals surface area contributed by atoms with Crippen LogP contribution in [0.5, 0.6) is 0 Å². The van der Waals surface area contributed by atoms with Crippen LogP contribution in [-0.4, -0.2) is 5.91 Å². The number of thiophene rings is 1. The van der Waals surface area contributed by atoms with Gasteiger partial charge in [0.2, 0.25) is 5.91 Å². The van der Waals surface area contributed by atoms with Gasteiger partial charge in [-0.2, -0.15) is 0 Å². The molecule has 0 aliphatic carbocycles. The Hall–Kier alpha value is -1.52. The standard InChI is InChI=1S/C15H17ClN2OS/c1-10-8-13(17)12(16)9-14(10)18-15(19)6-2-4-11-5-3-7-20-11/h3,5,7-9H,2,4,6,17H2,1H3,(H,18,19). The van der Waals surface area contributed by atoms with Gasteiger partial charge in [-0.25, -0.2) is 0 Å². The number of hydrogen-bond donors (Lipinski definition) is 2. The SMILES string of the molecule is Cc1cc(N)c(Cl)cc1NC(=O)CCCc1cccs1. The molecule has 106 valence electrons. The van der Waals surface area contributed by atoms with Crippen LogP contribution in [0.1, 0.15) is 23.3 Å². The average Bonchev–Trinajstić information content (AvgIpc) is 2.89. The van der Waals surface area contributed by atoms with E-state index in [-0.39, 0.29) is 5.91 Å². The van der Waals surface area contributed by atoms with Crippen LogP contribution in [0.4, 0.5) is 11.4 Å². The van der Waals surface area contributed by atoms with Gasteiger partial charge in [0, 0.05) is 17.0 Å². The number of benzene rings is 1. The highest BCUT2D eigenvalue weighted by Gasteiger charge is 2.08. The summed E-state index contributed by atoms with van der Waals surface area (Å²) in [6.07, 6.45) is 2.28. The Balaban J connectivity index is 1.86. The second-order valence-electron chi connectivity index (χ2n) is 4.67. The van der Waals surface area contributed by atoms with Crippen molar-refractivity contribution in [2.75, 3.05) is 11.1 Å². The second-order valence-corrected chi connectivity index (χ2v) is 6.11. The average molecular weight is 309 g/mol. The van der Waals surface area contributed by atoms with Crippen LogP contribution in [-0.2, 0) is 11.2 Å². The van der Waals surface area contributed by atoms with Crippen molar-refractivity contribution >= 4 is 40.2 Å². The van der Waals surface area contributed by atoms with Crippen LogP contribution in [0, 0.1) is 6.92 Å². The molecule has 0 aliphatic rings. The summed E-state index contributed by atoms with van der Waals surface area (Å²) in [6.45, 7) is 1.90. The molecule has 1 heterocycles. The van der Waals surface area contributed by atoms with E-state index in [9.17, 15) is 4.79 Å². The van der Waals surface area contributed by atoms with Crippen molar-refractivity contribution in [2.45, 2.75) is 26.2 Å². The van der Waals surface area contributed by atoms with Crippen LogP contribution < -0.4 is 11.1 Å². The number of nitrogens with two attached hydrogens (primary N) is 1. The zero-order valence-corrected chi connectivity index (χ0v) is 12.9. The Morgan fingerprint density at radius 2 is 2.25 bits per heavy atom. The minimum absolute atomic E-state index is 0.00509. The van der Waals surface area contributed by atoms with Gasteiger partial charge in [0.25, 0.3) is 0 Å². The van der Waals surface area contributed by atoms with Crippen molar-refractivity contribution in [2.24, 2.45) is 0 Å². The third-order valence-corrected chi connectivity index (χ3v) is 4.29. The molecule has 0 radical (unpaired) electrons. The smallest absolute Gasteiger partial charge is 0.224 e. The zero-order chi connectivity index (χ0) is 14.5. The molecule has 2 rings (SSSR count). The van der Waals surface area contributed by atoms with Gasteiger partial charge in [0.05, 0.1) is 10.7 Å². The van der Waals surface area contributed by atoms with Crippen LogP contribution in [0.3, 0.4) is 0 Å². The van der Waals surface area contributed by atoms with E-state index in [2.05, 4.69) is 16.8 Å². The number of rotatable bonds is 5. The molecule has 0 aliphatic heterocycles. The molecule has 0 saturated heterocycles. The van der Waals surface area contributed by atoms with Crippen molar-refractivity contribution in [3.8, 4) is 0 Å². The first-order chi connectivity index (χ1) is 9.56. The third-order valence-electron chi connectivity index (χ3n) is 3.02. The first-order valence-electron chi connectivity index (χ1n) is 6.44. The molecule has 0 atom stereocenters. The number of hydrogen-bond acceptors (Lipinski definition) is 3. The number of carbonyl (C=O) groups excluding carboxylic acids is 1. The van der Waals surface area contributed by atoms with E-state index in [4.69, 9.17) is 17.3 Å². The molecule has 3 nitrogen and oxygen atoms in total. The molecule has 0 unspecified atom stereocenters. The van der Waals surface area contributed by atoms with Crippen molar-refractivity contribution < 1.29 is 4.79 Å². The maximum absolute atomic E-state index is 11.9. The first-order valence-corrected chi connectivity index (χ1v) is 7.70. The molecular formula is C15H17ClN2OS. The Morgan fingerprint density at radius 1 is 1.45 bits per heavy atom. The van der Waals surface area contributed by atoms with Crippen LogP contribution >= 0.6 is 22.9 Å². The summed E-state index contributed by atoms with van der Waals surface area (Å²) in [5.41, 5.74) is 7.88. The Morgan fingerprint density at radius 3 is 2.95 bits per heavy atom. The molecule has 0 saturated carbocycles. The predicted octanol–water partition coefficient (Wildman–Crippen LogP) is 4.25. The number of nitrogens with one attached hydrogen (secondary N) is 1. The summed E-state index contributed by atoms with van der Waals surface area (Å²) in [5.74, 6) is 0.00509. The number of carbonyl (C=O) groups is 1. The lowest BCUT2D eigenvalue weighted by Crippen LogP contribution is -2.12. The number of nitrogen functional groups attached to an aromatic ring is 1. The Labute approximate surface area is 127 Å². The second kappa shape index (κ2) is 6.77. The molecule has 1 aromatic heterocycles. The molecule has 0 spiro atoms. The van der Waals surface area contributed by atoms with Gasteiger partial charge in [-0.1, -0.05) is 17.7 Å². The third kappa shape index (κ3) is 3.99. The number of halogens is 1. The van der Waals surface area contributed by atoms with E-state index in [0.717, 1.165) is 24.1 Å². The predicted molar refractivity (Wildman–Crippen MR) is 86.5 cm³/mol. The number of amides is 1. The maximum atomic E-state index is 11.9. The van der Waals surface area contributed by atoms with Crippen LogP contribution in [0.2, 0.25) is 5.02 Å². The van der Waals surface area contributed by atoms with E-state index < -0.39 is 0 Å². The van der Waals surface area contributed by atoms with Gasteiger partial charge in [-0.15, -0.1) is 11.3 Å². The zero-order valence-electron chi connectivity index (χ0n) is 11.3. The fourth-order valence-electron chi connectivity index (χ4n) is 1.93. The minimum atomic E-state index is 0.00509.